The van der Waals surface area contributed by atoms with E-state index in [9.17, 15) is 9.18 Å². The number of carbonyl (C=O) groups is 1. The third kappa shape index (κ3) is 3.60. The molecule has 1 aromatic heterocycles. The van der Waals surface area contributed by atoms with Crippen molar-refractivity contribution in [3.8, 4) is 0 Å². The Morgan fingerprint density at radius 1 is 1.73 bits per heavy atom. The molecule has 1 N–H and O–H groups in total. The largest absolute Gasteiger partial charge is 0.347 e. The molecule has 0 saturated carbocycles. The van der Waals surface area contributed by atoms with E-state index < -0.39 is 11.7 Å². The first kappa shape index (κ1) is 12.1. The topological polar surface area (TPSA) is 42.0 Å². The SMILES string of the molecule is C=C(Br)CNC(=O)c1cc(F)cnc1Cl. The quantitative estimate of drug-likeness (QED) is 0.870. The van der Waals surface area contributed by atoms with Gasteiger partial charge in [0, 0.05) is 11.0 Å². The van der Waals surface area contributed by atoms with E-state index in [1.54, 1.807) is 0 Å². The van der Waals surface area contributed by atoms with Gasteiger partial charge in [-0.1, -0.05) is 34.1 Å². The van der Waals surface area contributed by atoms with Crippen molar-refractivity contribution in [2.24, 2.45) is 0 Å². The van der Waals surface area contributed by atoms with Gasteiger partial charge in [-0.2, -0.15) is 0 Å². The van der Waals surface area contributed by atoms with Crippen molar-refractivity contribution in [3.05, 3.63) is 39.9 Å². The van der Waals surface area contributed by atoms with Gasteiger partial charge in [-0.25, -0.2) is 9.37 Å². The first-order valence-corrected chi connectivity index (χ1v) is 5.10. The minimum atomic E-state index is -0.609. The summed E-state index contributed by atoms with van der Waals surface area (Å²) in [5, 5.41) is 2.46. The van der Waals surface area contributed by atoms with E-state index in [0.29, 0.717) is 4.48 Å². The maximum atomic E-state index is 12.8. The molecule has 0 aliphatic carbocycles. The molecule has 1 heterocycles. The van der Waals surface area contributed by atoms with E-state index in [4.69, 9.17) is 11.6 Å². The Balaban J connectivity index is 2.81. The maximum absolute atomic E-state index is 12.8. The molecular formula is C9H7BrClFN2O. The third-order valence-corrected chi connectivity index (χ3v) is 2.07. The summed E-state index contributed by atoms with van der Waals surface area (Å²) in [5.74, 6) is -1.10. The van der Waals surface area contributed by atoms with Gasteiger partial charge >= 0.3 is 0 Å². The number of amides is 1. The highest BCUT2D eigenvalue weighted by molar-refractivity contribution is 9.11. The first-order valence-electron chi connectivity index (χ1n) is 3.93. The normalized spacial score (nSPS) is 9.80. The van der Waals surface area contributed by atoms with Gasteiger partial charge in [0.05, 0.1) is 11.8 Å². The zero-order valence-corrected chi connectivity index (χ0v) is 9.90. The van der Waals surface area contributed by atoms with Gasteiger partial charge < -0.3 is 5.32 Å². The molecule has 0 fully saturated rings. The lowest BCUT2D eigenvalue weighted by molar-refractivity contribution is 0.0957. The van der Waals surface area contributed by atoms with E-state index in [2.05, 4.69) is 32.8 Å². The first-order chi connectivity index (χ1) is 7.00. The number of nitrogens with one attached hydrogen (secondary N) is 1. The highest BCUT2D eigenvalue weighted by Gasteiger charge is 2.12. The Hall–Kier alpha value is -0.940. The number of rotatable bonds is 3. The Bertz CT molecular complexity index is 411. The van der Waals surface area contributed by atoms with Crippen molar-refractivity contribution >= 4 is 33.4 Å². The minimum Gasteiger partial charge on any atom is -0.347 e. The molecule has 1 rings (SSSR count). The molecular weight excluding hydrogens is 286 g/mol. The second-order valence-corrected chi connectivity index (χ2v) is 4.17. The van der Waals surface area contributed by atoms with Gasteiger partial charge in [0.2, 0.25) is 0 Å². The lowest BCUT2D eigenvalue weighted by atomic mass is 10.2. The third-order valence-electron chi connectivity index (χ3n) is 1.49. The van der Waals surface area contributed by atoms with Crippen LogP contribution in [0, 0.1) is 5.82 Å². The van der Waals surface area contributed by atoms with Crippen LogP contribution in [0.4, 0.5) is 4.39 Å². The standard InChI is InChI=1S/C9H7BrClFN2O/c1-5(10)3-14-9(15)7-2-6(12)4-13-8(7)11/h2,4H,1,3H2,(H,14,15). The Kier molecular flexibility index (Phi) is 4.23. The van der Waals surface area contributed by atoms with Gasteiger partial charge in [-0.15, -0.1) is 0 Å². The highest BCUT2D eigenvalue weighted by atomic mass is 79.9. The fourth-order valence-electron chi connectivity index (χ4n) is 0.853. The van der Waals surface area contributed by atoms with Crippen molar-refractivity contribution in [2.45, 2.75) is 0 Å². The summed E-state index contributed by atoms with van der Waals surface area (Å²) in [4.78, 5) is 15.0. The summed E-state index contributed by atoms with van der Waals surface area (Å²) in [5.41, 5.74) is 0.00502. The lowest BCUT2D eigenvalue weighted by Gasteiger charge is -2.04. The van der Waals surface area contributed by atoms with Crippen LogP contribution in [0.15, 0.2) is 23.3 Å². The van der Waals surface area contributed by atoms with Crippen molar-refractivity contribution < 1.29 is 9.18 Å². The van der Waals surface area contributed by atoms with Gasteiger partial charge in [0.1, 0.15) is 11.0 Å². The monoisotopic (exact) mass is 292 g/mol. The fraction of sp³-hybridized carbons (Fsp3) is 0.111. The molecule has 3 nitrogen and oxygen atoms in total. The van der Waals surface area contributed by atoms with Crippen LogP contribution in [0.1, 0.15) is 10.4 Å². The average Bonchev–Trinajstić information content (AvgIpc) is 2.18. The Morgan fingerprint density at radius 3 is 3.00 bits per heavy atom. The Labute approximate surface area is 99.5 Å². The average molecular weight is 294 g/mol. The number of halogens is 3. The van der Waals surface area contributed by atoms with E-state index >= 15 is 0 Å². The molecule has 15 heavy (non-hydrogen) atoms. The van der Waals surface area contributed by atoms with E-state index in [0.717, 1.165) is 12.3 Å². The van der Waals surface area contributed by atoms with Crippen LogP contribution < -0.4 is 5.32 Å². The highest BCUT2D eigenvalue weighted by Crippen LogP contribution is 2.13. The Morgan fingerprint density at radius 2 is 2.40 bits per heavy atom. The minimum absolute atomic E-state index is 0.00502. The van der Waals surface area contributed by atoms with Gasteiger partial charge in [0.15, 0.2) is 0 Å². The van der Waals surface area contributed by atoms with Crippen LogP contribution >= 0.6 is 27.5 Å². The summed E-state index contributed by atoms with van der Waals surface area (Å²) in [6.45, 7) is 3.78. The van der Waals surface area contributed by atoms with Crippen LogP contribution in [-0.4, -0.2) is 17.4 Å². The second-order valence-electron chi connectivity index (χ2n) is 2.69. The van der Waals surface area contributed by atoms with Gasteiger partial charge in [-0.05, 0) is 6.07 Å². The number of pyridine rings is 1. The molecule has 0 unspecified atom stereocenters. The molecule has 6 heteroatoms. The van der Waals surface area contributed by atoms with Gasteiger partial charge in [0.25, 0.3) is 5.91 Å². The summed E-state index contributed by atoms with van der Waals surface area (Å²) >= 11 is 8.71. The van der Waals surface area contributed by atoms with E-state index in [1.165, 1.54) is 0 Å². The molecule has 80 valence electrons. The van der Waals surface area contributed by atoms with Gasteiger partial charge in [-0.3, -0.25) is 4.79 Å². The maximum Gasteiger partial charge on any atom is 0.254 e. The molecule has 0 bridgehead atoms. The molecule has 0 atom stereocenters. The summed E-state index contributed by atoms with van der Waals surface area (Å²) in [6, 6.07) is 1.03. The summed E-state index contributed by atoms with van der Waals surface area (Å²) in [6.07, 6.45) is 0.947. The van der Waals surface area contributed by atoms with Crippen molar-refractivity contribution in [2.75, 3.05) is 6.54 Å². The van der Waals surface area contributed by atoms with Crippen LogP contribution in [0.5, 0.6) is 0 Å². The zero-order valence-electron chi connectivity index (χ0n) is 7.56. The molecule has 0 spiro atoms. The summed E-state index contributed by atoms with van der Waals surface area (Å²) < 4.78 is 13.4. The summed E-state index contributed by atoms with van der Waals surface area (Å²) in [7, 11) is 0. The predicted octanol–water partition coefficient (Wildman–Crippen LogP) is 2.51. The van der Waals surface area contributed by atoms with Crippen LogP contribution in [0.3, 0.4) is 0 Å². The van der Waals surface area contributed by atoms with Crippen LogP contribution in [-0.2, 0) is 0 Å². The number of aromatic nitrogens is 1. The molecule has 0 radical (unpaired) electrons. The zero-order chi connectivity index (χ0) is 11.4. The number of nitrogens with zero attached hydrogens (tertiary/aromatic N) is 1. The number of hydrogen-bond acceptors (Lipinski definition) is 2. The van der Waals surface area contributed by atoms with E-state index in [-0.39, 0.29) is 17.3 Å². The molecule has 0 saturated heterocycles. The van der Waals surface area contributed by atoms with E-state index in [1.807, 2.05) is 0 Å². The molecule has 1 amide bonds. The van der Waals surface area contributed by atoms with Crippen molar-refractivity contribution in [1.29, 1.82) is 0 Å². The number of hydrogen-bond donors (Lipinski definition) is 1. The molecule has 1 aromatic rings. The van der Waals surface area contributed by atoms with Crippen molar-refractivity contribution in [3.63, 3.8) is 0 Å². The number of carbonyl (C=O) groups excluding carboxylic acids is 1. The van der Waals surface area contributed by atoms with Crippen LogP contribution in [0.2, 0.25) is 5.15 Å². The molecule has 0 aliphatic heterocycles. The fourth-order valence-corrected chi connectivity index (χ4v) is 1.18. The predicted molar refractivity (Wildman–Crippen MR) is 59.6 cm³/mol. The van der Waals surface area contributed by atoms with Crippen LogP contribution in [0.25, 0.3) is 0 Å². The van der Waals surface area contributed by atoms with Crippen molar-refractivity contribution in [1.82, 2.24) is 10.3 Å². The second kappa shape index (κ2) is 5.23. The lowest BCUT2D eigenvalue weighted by Crippen LogP contribution is -2.25. The molecule has 0 aromatic carbocycles. The smallest absolute Gasteiger partial charge is 0.254 e. The molecule has 0 aliphatic rings.